The molecule has 2 heterocycles. The summed E-state index contributed by atoms with van der Waals surface area (Å²) in [4.78, 5) is 11.4. The number of Topliss-reactive ketones (excluding diaryl/α,β-unsaturated/α-hetero) is 1. The highest BCUT2D eigenvalue weighted by Gasteiger charge is 2.58. The molecule has 0 radical (unpaired) electrons. The second kappa shape index (κ2) is 4.19. The van der Waals surface area contributed by atoms with Crippen LogP contribution in [0.4, 0.5) is 0 Å². The number of hydrogen-bond acceptors (Lipinski definition) is 5. The molecule has 0 aromatic heterocycles. The molecule has 4 atom stereocenters. The van der Waals surface area contributed by atoms with Crippen LogP contribution < -0.4 is 0 Å². The van der Waals surface area contributed by atoms with Crippen LogP contribution in [0.15, 0.2) is 0 Å². The fourth-order valence-electron chi connectivity index (χ4n) is 2.06. The number of ketones is 1. The fourth-order valence-corrected chi connectivity index (χ4v) is 4.69. The largest absolute Gasteiger partial charge is 0.506 e. The molecule has 2 rings (SSSR count). The van der Waals surface area contributed by atoms with E-state index in [1.807, 2.05) is 13.8 Å². The Bertz CT molecular complexity index is 295. The van der Waals surface area contributed by atoms with Crippen LogP contribution in [-0.2, 0) is 18.1 Å². The Kier molecular flexibility index (Phi) is 3.19. The lowest BCUT2D eigenvalue weighted by Gasteiger charge is -2.26. The summed E-state index contributed by atoms with van der Waals surface area (Å²) in [6.45, 7) is 5.80. The van der Waals surface area contributed by atoms with Crippen molar-refractivity contribution in [2.45, 2.75) is 45.1 Å². The highest BCUT2D eigenvalue weighted by molar-refractivity contribution is 6.62. The Labute approximate surface area is 96.1 Å². The molecule has 16 heavy (non-hydrogen) atoms. The van der Waals surface area contributed by atoms with Crippen molar-refractivity contribution < 1.29 is 23.2 Å². The minimum absolute atomic E-state index is 0.0799. The molecule has 0 aliphatic carbocycles. The van der Waals surface area contributed by atoms with Gasteiger partial charge in [-0.05, 0) is 13.3 Å². The van der Waals surface area contributed by atoms with Crippen molar-refractivity contribution in [1.82, 2.24) is 0 Å². The molecule has 1 N–H and O–H groups in total. The van der Waals surface area contributed by atoms with Gasteiger partial charge in [-0.25, -0.2) is 0 Å². The van der Waals surface area contributed by atoms with E-state index < -0.39 is 21.2 Å². The maximum atomic E-state index is 11.4. The lowest BCUT2D eigenvalue weighted by atomic mass is 9.98. The highest BCUT2D eigenvalue weighted by Crippen LogP contribution is 2.39. The smallest absolute Gasteiger partial charge is 0.373 e. The van der Waals surface area contributed by atoms with Crippen molar-refractivity contribution in [3.8, 4) is 0 Å². The van der Waals surface area contributed by atoms with Crippen molar-refractivity contribution in [2.75, 3.05) is 6.61 Å². The zero-order valence-electron chi connectivity index (χ0n) is 9.80. The lowest BCUT2D eigenvalue weighted by Crippen LogP contribution is -2.45. The molecule has 2 aliphatic heterocycles. The number of carbonyl (C=O) groups excluding carboxylic acids is 1. The molecule has 4 unspecified atom stereocenters. The molecule has 2 saturated heterocycles. The Morgan fingerprint density at radius 3 is 2.69 bits per heavy atom. The van der Waals surface area contributed by atoms with E-state index in [2.05, 4.69) is 0 Å². The molecule has 92 valence electrons. The predicted molar refractivity (Wildman–Crippen MR) is 57.6 cm³/mol. The van der Waals surface area contributed by atoms with E-state index in [1.54, 1.807) is 6.92 Å². The van der Waals surface area contributed by atoms with Crippen molar-refractivity contribution >= 4 is 14.6 Å². The van der Waals surface area contributed by atoms with Gasteiger partial charge in [0, 0.05) is 18.1 Å². The summed E-state index contributed by atoms with van der Waals surface area (Å²) in [6.07, 6.45) is -0.875. The Morgan fingerprint density at radius 1 is 1.44 bits per heavy atom. The van der Waals surface area contributed by atoms with Gasteiger partial charge in [-0.1, -0.05) is 13.8 Å². The first-order chi connectivity index (χ1) is 7.44. The van der Waals surface area contributed by atoms with Gasteiger partial charge in [0.25, 0.3) is 0 Å². The average molecular weight is 246 g/mol. The van der Waals surface area contributed by atoms with Crippen LogP contribution in [0.5, 0.6) is 0 Å². The topological polar surface area (TPSA) is 65.0 Å². The lowest BCUT2D eigenvalue weighted by molar-refractivity contribution is -0.124. The normalized spacial score (nSPS) is 43.4. The predicted octanol–water partition coefficient (Wildman–Crippen LogP) is 0.695. The van der Waals surface area contributed by atoms with Gasteiger partial charge < -0.3 is 18.4 Å². The van der Waals surface area contributed by atoms with E-state index in [1.165, 1.54) is 0 Å². The molecule has 6 heteroatoms. The summed E-state index contributed by atoms with van der Waals surface area (Å²) in [6, 6.07) is 0. The van der Waals surface area contributed by atoms with Crippen LogP contribution in [0.2, 0.25) is 5.54 Å². The summed E-state index contributed by atoms with van der Waals surface area (Å²) < 4.78 is 16.9. The van der Waals surface area contributed by atoms with Crippen LogP contribution in [0.1, 0.15) is 27.2 Å². The van der Waals surface area contributed by atoms with Gasteiger partial charge in [0.1, 0.15) is 11.9 Å². The Balaban J connectivity index is 2.19. The molecule has 2 fully saturated rings. The summed E-state index contributed by atoms with van der Waals surface area (Å²) in [5, 5.41) is 9.73. The fraction of sp³-hybridized carbons (Fsp3) is 0.900. The first-order valence-corrected chi connectivity index (χ1v) is 7.43. The van der Waals surface area contributed by atoms with Gasteiger partial charge in [-0.3, -0.25) is 4.79 Å². The summed E-state index contributed by atoms with van der Waals surface area (Å²) >= 11 is 0. The molecular formula is C10H18O5Si. The van der Waals surface area contributed by atoms with Gasteiger partial charge in [0.15, 0.2) is 6.29 Å². The number of rotatable bonds is 2. The maximum Gasteiger partial charge on any atom is 0.506 e. The molecule has 5 nitrogen and oxygen atoms in total. The van der Waals surface area contributed by atoms with E-state index in [4.69, 9.17) is 13.3 Å². The maximum absolute atomic E-state index is 11.4. The zero-order valence-corrected chi connectivity index (χ0v) is 10.8. The van der Waals surface area contributed by atoms with Crippen LogP contribution in [0.25, 0.3) is 0 Å². The van der Waals surface area contributed by atoms with Crippen molar-refractivity contribution in [3.05, 3.63) is 0 Å². The molecule has 2 bridgehead atoms. The van der Waals surface area contributed by atoms with Gasteiger partial charge in [-0.15, -0.1) is 0 Å². The molecule has 0 amide bonds. The van der Waals surface area contributed by atoms with E-state index in [-0.39, 0.29) is 17.2 Å². The summed E-state index contributed by atoms with van der Waals surface area (Å²) in [5.41, 5.74) is 0.0952. The second-order valence-corrected chi connectivity index (χ2v) is 7.90. The molecule has 0 aromatic rings. The standard InChI is InChI=1S/C10H18O5Si/c1-6(2)16-13-5-8(7(3)11)4-9(14-16)10(12)15-16/h6,8-10,12H,4-5H2,1-3H3. The highest BCUT2D eigenvalue weighted by atomic mass is 28.4. The number of aliphatic hydroxyl groups is 1. The van der Waals surface area contributed by atoms with Gasteiger partial charge in [0.2, 0.25) is 0 Å². The Hall–Kier alpha value is -0.273. The summed E-state index contributed by atoms with van der Waals surface area (Å²) in [5.74, 6) is -0.104. The van der Waals surface area contributed by atoms with Crippen molar-refractivity contribution in [1.29, 1.82) is 0 Å². The number of carbonyl (C=O) groups is 1. The van der Waals surface area contributed by atoms with Crippen molar-refractivity contribution in [2.24, 2.45) is 5.92 Å². The van der Waals surface area contributed by atoms with E-state index in [9.17, 15) is 9.90 Å². The minimum atomic E-state index is -2.76. The minimum Gasteiger partial charge on any atom is -0.373 e. The molecular weight excluding hydrogens is 228 g/mol. The SMILES string of the molecule is CC(=O)C1CO[Si]2(C(C)C)OC(O)C(C1)O2. The van der Waals surface area contributed by atoms with Crippen LogP contribution >= 0.6 is 0 Å². The van der Waals surface area contributed by atoms with Crippen LogP contribution in [0.3, 0.4) is 0 Å². The third kappa shape index (κ3) is 1.95. The van der Waals surface area contributed by atoms with Gasteiger partial charge in [-0.2, -0.15) is 0 Å². The number of aliphatic hydroxyl groups excluding tert-OH is 1. The Morgan fingerprint density at radius 2 is 2.12 bits per heavy atom. The second-order valence-electron chi connectivity index (χ2n) is 4.78. The van der Waals surface area contributed by atoms with Crippen LogP contribution in [-0.4, -0.2) is 38.7 Å². The monoisotopic (exact) mass is 246 g/mol. The first-order valence-electron chi connectivity index (χ1n) is 5.62. The summed E-state index contributed by atoms with van der Waals surface area (Å²) in [7, 11) is -2.76. The number of fused-ring (bicyclic) bond motifs is 2. The van der Waals surface area contributed by atoms with Crippen LogP contribution in [0, 0.1) is 5.92 Å². The molecule has 0 saturated carbocycles. The quantitative estimate of drug-likeness (QED) is 0.726. The van der Waals surface area contributed by atoms with Gasteiger partial charge >= 0.3 is 8.80 Å². The first kappa shape index (κ1) is 12.2. The average Bonchev–Trinajstić information content (AvgIpc) is 2.41. The van der Waals surface area contributed by atoms with Crippen molar-refractivity contribution in [3.63, 3.8) is 0 Å². The van der Waals surface area contributed by atoms with E-state index in [0.29, 0.717) is 13.0 Å². The molecule has 0 aromatic carbocycles. The van der Waals surface area contributed by atoms with E-state index in [0.717, 1.165) is 0 Å². The van der Waals surface area contributed by atoms with Gasteiger partial charge in [0.05, 0.1) is 0 Å². The third-order valence-corrected chi connectivity index (χ3v) is 6.39. The molecule has 0 spiro atoms. The number of hydrogen-bond donors (Lipinski definition) is 1. The third-order valence-electron chi connectivity index (χ3n) is 3.20. The zero-order chi connectivity index (χ0) is 11.9. The molecule has 2 aliphatic rings. The van der Waals surface area contributed by atoms with E-state index >= 15 is 0 Å².